The summed E-state index contributed by atoms with van der Waals surface area (Å²) >= 11 is 0. The van der Waals surface area contributed by atoms with Gasteiger partial charge in [-0.2, -0.15) is 0 Å². The van der Waals surface area contributed by atoms with E-state index in [0.717, 1.165) is 5.92 Å². The molecule has 1 atom stereocenters. The largest absolute Gasteiger partial charge is 0.313 e. The van der Waals surface area contributed by atoms with Crippen LogP contribution in [0.4, 0.5) is 0 Å². The summed E-state index contributed by atoms with van der Waals surface area (Å²) in [4.78, 5) is 4.04. The van der Waals surface area contributed by atoms with E-state index in [1.165, 1.54) is 24.8 Å². The molecule has 0 aliphatic heterocycles. The lowest BCUT2D eigenvalue weighted by Gasteiger charge is -2.33. The standard InChI is InChI=1S/C11H16N2/c1-12-11(9-3-2-4-9)10-5-7-13-8-6-10/h5-9,11-12H,2-4H2,1H3. The Kier molecular flexibility index (Phi) is 2.60. The number of hydrogen-bond donors (Lipinski definition) is 1. The minimum atomic E-state index is 0.539. The molecule has 1 aromatic rings. The minimum Gasteiger partial charge on any atom is -0.313 e. The zero-order chi connectivity index (χ0) is 9.10. The molecule has 1 N–H and O–H groups in total. The van der Waals surface area contributed by atoms with Crippen LogP contribution in [0.15, 0.2) is 24.5 Å². The second-order valence-electron chi connectivity index (χ2n) is 3.74. The summed E-state index contributed by atoms with van der Waals surface area (Å²) in [5.41, 5.74) is 1.38. The summed E-state index contributed by atoms with van der Waals surface area (Å²) in [7, 11) is 2.05. The zero-order valence-corrected chi connectivity index (χ0v) is 8.03. The second-order valence-corrected chi connectivity index (χ2v) is 3.74. The fraction of sp³-hybridized carbons (Fsp3) is 0.545. The molecule has 0 saturated heterocycles. The molecule has 0 spiro atoms. The lowest BCUT2D eigenvalue weighted by Crippen LogP contribution is -2.29. The maximum absolute atomic E-state index is 4.04. The Morgan fingerprint density at radius 3 is 2.54 bits per heavy atom. The summed E-state index contributed by atoms with van der Waals surface area (Å²) in [6.45, 7) is 0. The fourth-order valence-corrected chi connectivity index (χ4v) is 2.02. The number of pyridine rings is 1. The summed E-state index contributed by atoms with van der Waals surface area (Å²) < 4.78 is 0. The van der Waals surface area contributed by atoms with Crippen molar-refractivity contribution in [2.45, 2.75) is 25.3 Å². The van der Waals surface area contributed by atoms with E-state index < -0.39 is 0 Å². The lowest BCUT2D eigenvalue weighted by molar-refractivity contribution is 0.239. The van der Waals surface area contributed by atoms with Gasteiger partial charge in [0, 0.05) is 18.4 Å². The summed E-state index contributed by atoms with van der Waals surface area (Å²) in [6.07, 6.45) is 7.88. The topological polar surface area (TPSA) is 24.9 Å². The Morgan fingerprint density at radius 2 is 2.08 bits per heavy atom. The number of hydrogen-bond acceptors (Lipinski definition) is 2. The monoisotopic (exact) mass is 176 g/mol. The predicted molar refractivity (Wildman–Crippen MR) is 53.4 cm³/mol. The van der Waals surface area contributed by atoms with Gasteiger partial charge in [0.2, 0.25) is 0 Å². The second kappa shape index (κ2) is 3.88. The normalized spacial score (nSPS) is 19.5. The third kappa shape index (κ3) is 1.73. The third-order valence-corrected chi connectivity index (χ3v) is 3.00. The lowest BCUT2D eigenvalue weighted by atomic mass is 9.77. The summed E-state index contributed by atoms with van der Waals surface area (Å²) in [5.74, 6) is 0.840. The average molecular weight is 176 g/mol. The molecule has 13 heavy (non-hydrogen) atoms. The SMILES string of the molecule is CNC(c1ccncc1)C1CCC1. The van der Waals surface area contributed by atoms with Gasteiger partial charge < -0.3 is 5.32 Å². The summed E-state index contributed by atoms with van der Waals surface area (Å²) in [6, 6.07) is 4.76. The number of nitrogens with zero attached hydrogens (tertiary/aromatic N) is 1. The van der Waals surface area contributed by atoms with Crippen molar-refractivity contribution >= 4 is 0 Å². The van der Waals surface area contributed by atoms with Gasteiger partial charge in [-0.25, -0.2) is 0 Å². The number of nitrogens with one attached hydrogen (secondary N) is 1. The molecule has 1 fully saturated rings. The molecule has 2 nitrogen and oxygen atoms in total. The van der Waals surface area contributed by atoms with Crippen LogP contribution < -0.4 is 5.32 Å². The van der Waals surface area contributed by atoms with E-state index in [9.17, 15) is 0 Å². The van der Waals surface area contributed by atoms with Crippen LogP contribution in [-0.4, -0.2) is 12.0 Å². The highest BCUT2D eigenvalue weighted by atomic mass is 14.9. The van der Waals surface area contributed by atoms with Crippen LogP contribution in [0, 0.1) is 5.92 Å². The van der Waals surface area contributed by atoms with Crippen LogP contribution in [-0.2, 0) is 0 Å². The zero-order valence-electron chi connectivity index (χ0n) is 8.03. The molecular weight excluding hydrogens is 160 g/mol. The third-order valence-electron chi connectivity index (χ3n) is 3.00. The maximum atomic E-state index is 4.04. The predicted octanol–water partition coefficient (Wildman–Crippen LogP) is 2.14. The molecular formula is C11H16N2. The van der Waals surface area contributed by atoms with Crippen LogP contribution >= 0.6 is 0 Å². The first-order valence-corrected chi connectivity index (χ1v) is 4.99. The van der Waals surface area contributed by atoms with Crippen LogP contribution in [0.3, 0.4) is 0 Å². The van der Waals surface area contributed by atoms with E-state index in [1.807, 2.05) is 19.4 Å². The molecule has 1 unspecified atom stereocenters. The Labute approximate surface area is 79.4 Å². The summed E-state index contributed by atoms with van der Waals surface area (Å²) in [5, 5.41) is 3.39. The van der Waals surface area contributed by atoms with Crippen LogP contribution in [0.1, 0.15) is 30.9 Å². The molecule has 70 valence electrons. The van der Waals surface area contributed by atoms with E-state index in [0.29, 0.717) is 6.04 Å². The van der Waals surface area contributed by atoms with Gasteiger partial charge >= 0.3 is 0 Å². The van der Waals surface area contributed by atoms with E-state index in [1.54, 1.807) is 0 Å². The van der Waals surface area contributed by atoms with Gasteiger partial charge in [0.25, 0.3) is 0 Å². The minimum absolute atomic E-state index is 0.539. The molecule has 1 aliphatic carbocycles. The smallest absolute Gasteiger partial charge is 0.0347 e. The highest BCUT2D eigenvalue weighted by Crippen LogP contribution is 2.37. The highest BCUT2D eigenvalue weighted by Gasteiger charge is 2.26. The molecule has 2 heteroatoms. The van der Waals surface area contributed by atoms with Gasteiger partial charge in [0.05, 0.1) is 0 Å². The Morgan fingerprint density at radius 1 is 1.38 bits per heavy atom. The Bertz CT molecular complexity index is 254. The first-order chi connectivity index (χ1) is 6.42. The van der Waals surface area contributed by atoms with Crippen molar-refractivity contribution in [3.05, 3.63) is 30.1 Å². The van der Waals surface area contributed by atoms with Crippen LogP contribution in [0.2, 0.25) is 0 Å². The van der Waals surface area contributed by atoms with Gasteiger partial charge in [0.15, 0.2) is 0 Å². The van der Waals surface area contributed by atoms with E-state index in [-0.39, 0.29) is 0 Å². The molecule has 1 saturated carbocycles. The van der Waals surface area contributed by atoms with E-state index in [4.69, 9.17) is 0 Å². The Balaban J connectivity index is 2.12. The van der Waals surface area contributed by atoms with Gasteiger partial charge in [-0.05, 0) is 43.5 Å². The van der Waals surface area contributed by atoms with E-state index in [2.05, 4.69) is 22.4 Å². The van der Waals surface area contributed by atoms with Crippen LogP contribution in [0.5, 0.6) is 0 Å². The molecule has 1 heterocycles. The molecule has 0 aromatic carbocycles. The van der Waals surface area contributed by atoms with Gasteiger partial charge in [-0.1, -0.05) is 6.42 Å². The average Bonchev–Trinajstić information content (AvgIpc) is 2.12. The Hall–Kier alpha value is -0.890. The fourth-order valence-electron chi connectivity index (χ4n) is 2.02. The van der Waals surface area contributed by atoms with Crippen molar-refractivity contribution in [3.8, 4) is 0 Å². The van der Waals surface area contributed by atoms with Crippen molar-refractivity contribution in [1.29, 1.82) is 0 Å². The van der Waals surface area contributed by atoms with Crippen molar-refractivity contribution < 1.29 is 0 Å². The van der Waals surface area contributed by atoms with Crippen molar-refractivity contribution in [1.82, 2.24) is 10.3 Å². The maximum Gasteiger partial charge on any atom is 0.0347 e. The number of aromatic nitrogens is 1. The molecule has 2 rings (SSSR count). The van der Waals surface area contributed by atoms with Gasteiger partial charge in [0.1, 0.15) is 0 Å². The van der Waals surface area contributed by atoms with Gasteiger partial charge in [-0.3, -0.25) is 4.98 Å². The van der Waals surface area contributed by atoms with E-state index >= 15 is 0 Å². The quantitative estimate of drug-likeness (QED) is 0.763. The molecule has 1 aliphatic rings. The van der Waals surface area contributed by atoms with Crippen LogP contribution in [0.25, 0.3) is 0 Å². The van der Waals surface area contributed by atoms with Crippen molar-refractivity contribution in [2.24, 2.45) is 5.92 Å². The van der Waals surface area contributed by atoms with Gasteiger partial charge in [-0.15, -0.1) is 0 Å². The highest BCUT2D eigenvalue weighted by molar-refractivity contribution is 5.16. The molecule has 0 bridgehead atoms. The molecule has 0 amide bonds. The first-order valence-electron chi connectivity index (χ1n) is 4.99. The molecule has 1 aromatic heterocycles. The van der Waals surface area contributed by atoms with Crippen molar-refractivity contribution in [2.75, 3.05) is 7.05 Å². The first kappa shape index (κ1) is 8.70. The number of rotatable bonds is 3. The molecule has 0 radical (unpaired) electrons. The van der Waals surface area contributed by atoms with Crippen molar-refractivity contribution in [3.63, 3.8) is 0 Å².